The first kappa shape index (κ1) is 21.7. The fourth-order valence-corrected chi connectivity index (χ4v) is 4.65. The van der Waals surface area contributed by atoms with Crippen LogP contribution in [0.2, 0.25) is 0 Å². The summed E-state index contributed by atoms with van der Waals surface area (Å²) in [6.07, 6.45) is 5.92. The second-order valence-corrected chi connectivity index (χ2v) is 9.23. The summed E-state index contributed by atoms with van der Waals surface area (Å²) in [6, 6.07) is 7.77. The minimum absolute atomic E-state index is 0.0164. The number of carbonyl (C=O) groups is 2. The third-order valence-electron chi connectivity index (χ3n) is 7.05. The minimum atomic E-state index is -0.265. The van der Waals surface area contributed by atoms with Gasteiger partial charge in [-0.15, -0.1) is 0 Å². The van der Waals surface area contributed by atoms with Crippen LogP contribution in [0.3, 0.4) is 0 Å². The van der Waals surface area contributed by atoms with Gasteiger partial charge in [0.05, 0.1) is 12.5 Å². The van der Waals surface area contributed by atoms with Crippen molar-refractivity contribution in [2.45, 2.75) is 72.3 Å². The molecule has 1 aliphatic heterocycles. The molecule has 1 saturated carbocycles. The third kappa shape index (κ3) is 5.12. The molecule has 1 heterocycles. The van der Waals surface area contributed by atoms with Crippen molar-refractivity contribution in [3.8, 4) is 5.75 Å². The minimum Gasteiger partial charge on any atom is -0.494 e. The van der Waals surface area contributed by atoms with Gasteiger partial charge in [0.1, 0.15) is 5.75 Å². The van der Waals surface area contributed by atoms with Crippen LogP contribution in [-0.2, 0) is 9.59 Å². The number of rotatable bonds is 7. The lowest BCUT2D eigenvalue weighted by atomic mass is 9.69. The van der Waals surface area contributed by atoms with Crippen LogP contribution in [0.15, 0.2) is 24.3 Å². The van der Waals surface area contributed by atoms with E-state index >= 15 is 0 Å². The summed E-state index contributed by atoms with van der Waals surface area (Å²) in [7, 11) is 0. The number of anilines is 1. The SMILES string of the molecule is CCOc1ccc(N2C[C@@H](C(=O)NC3CCC(C(C)(C)CC)CC3)CC2=O)cc1. The molecule has 1 aromatic rings. The van der Waals surface area contributed by atoms with Gasteiger partial charge in [0.15, 0.2) is 0 Å². The molecule has 2 amide bonds. The van der Waals surface area contributed by atoms with Crippen LogP contribution in [0.4, 0.5) is 5.69 Å². The Morgan fingerprint density at radius 2 is 1.79 bits per heavy atom. The van der Waals surface area contributed by atoms with E-state index in [1.165, 1.54) is 19.3 Å². The molecule has 3 rings (SSSR count). The quantitative estimate of drug-likeness (QED) is 0.730. The van der Waals surface area contributed by atoms with Crippen LogP contribution in [0.1, 0.15) is 66.2 Å². The van der Waals surface area contributed by atoms with Crippen LogP contribution < -0.4 is 15.0 Å². The molecule has 0 aromatic heterocycles. The average Bonchev–Trinajstić information content (AvgIpc) is 3.11. The second-order valence-electron chi connectivity index (χ2n) is 9.23. The number of hydrogen-bond acceptors (Lipinski definition) is 3. The second kappa shape index (κ2) is 9.19. The molecule has 1 saturated heterocycles. The van der Waals surface area contributed by atoms with Gasteiger partial charge in [0, 0.05) is 24.7 Å². The maximum Gasteiger partial charge on any atom is 0.227 e. The predicted molar refractivity (Wildman–Crippen MR) is 116 cm³/mol. The largest absolute Gasteiger partial charge is 0.494 e. The first-order valence-electron chi connectivity index (χ1n) is 11.2. The lowest BCUT2D eigenvalue weighted by molar-refractivity contribution is -0.127. The van der Waals surface area contributed by atoms with E-state index in [-0.39, 0.29) is 30.2 Å². The van der Waals surface area contributed by atoms with Crippen molar-refractivity contribution < 1.29 is 14.3 Å². The Morgan fingerprint density at radius 3 is 2.38 bits per heavy atom. The molecule has 160 valence electrons. The highest BCUT2D eigenvalue weighted by Gasteiger charge is 2.37. The molecule has 0 radical (unpaired) electrons. The van der Waals surface area contributed by atoms with E-state index in [0.717, 1.165) is 30.2 Å². The van der Waals surface area contributed by atoms with Crippen molar-refractivity contribution in [3.05, 3.63) is 24.3 Å². The first-order valence-corrected chi connectivity index (χ1v) is 11.2. The highest BCUT2D eigenvalue weighted by molar-refractivity contribution is 6.00. The Morgan fingerprint density at radius 1 is 1.14 bits per heavy atom. The maximum absolute atomic E-state index is 12.8. The van der Waals surface area contributed by atoms with E-state index in [1.807, 2.05) is 31.2 Å². The number of benzene rings is 1. The Bertz CT molecular complexity index is 705. The Kier molecular flexibility index (Phi) is 6.86. The standard InChI is InChI=1S/C24H36N2O3/c1-5-24(3,4)18-7-9-19(10-8-18)25-23(28)17-15-22(27)26(16-17)20-11-13-21(14-12-20)29-6-2/h11-14,17-19H,5-10,15-16H2,1-4H3,(H,25,28)/t17-,18?,19?/m0/s1. The molecular formula is C24H36N2O3. The van der Waals surface area contributed by atoms with E-state index in [9.17, 15) is 9.59 Å². The molecule has 1 atom stereocenters. The van der Waals surface area contributed by atoms with Crippen molar-refractivity contribution in [2.24, 2.45) is 17.3 Å². The number of ether oxygens (including phenoxy) is 1. The van der Waals surface area contributed by atoms with Crippen molar-refractivity contribution in [3.63, 3.8) is 0 Å². The van der Waals surface area contributed by atoms with Gasteiger partial charge in [-0.3, -0.25) is 9.59 Å². The summed E-state index contributed by atoms with van der Waals surface area (Å²) in [5, 5.41) is 3.23. The Hall–Kier alpha value is -2.04. The van der Waals surface area contributed by atoms with E-state index in [0.29, 0.717) is 18.6 Å². The normalized spacial score (nSPS) is 25.2. The van der Waals surface area contributed by atoms with Gasteiger partial charge in [-0.05, 0) is 68.2 Å². The van der Waals surface area contributed by atoms with Crippen LogP contribution in [0, 0.1) is 17.3 Å². The zero-order valence-electron chi connectivity index (χ0n) is 18.4. The fraction of sp³-hybridized carbons (Fsp3) is 0.667. The zero-order chi connectivity index (χ0) is 21.0. The summed E-state index contributed by atoms with van der Waals surface area (Å²) in [4.78, 5) is 27.0. The predicted octanol–water partition coefficient (Wildman–Crippen LogP) is 4.55. The summed E-state index contributed by atoms with van der Waals surface area (Å²) in [6.45, 7) is 9.99. The van der Waals surface area contributed by atoms with E-state index in [4.69, 9.17) is 4.74 Å². The smallest absolute Gasteiger partial charge is 0.227 e. The molecule has 2 aliphatic rings. The van der Waals surface area contributed by atoms with Crippen molar-refractivity contribution >= 4 is 17.5 Å². The molecule has 29 heavy (non-hydrogen) atoms. The lowest BCUT2D eigenvalue weighted by Gasteiger charge is -2.39. The summed E-state index contributed by atoms with van der Waals surface area (Å²) >= 11 is 0. The van der Waals surface area contributed by atoms with Gasteiger partial charge < -0.3 is 15.0 Å². The Labute approximate surface area is 175 Å². The van der Waals surface area contributed by atoms with E-state index < -0.39 is 0 Å². The molecule has 5 nitrogen and oxygen atoms in total. The maximum atomic E-state index is 12.8. The van der Waals surface area contributed by atoms with Crippen LogP contribution in [0.25, 0.3) is 0 Å². The fourth-order valence-electron chi connectivity index (χ4n) is 4.65. The molecule has 0 bridgehead atoms. The van der Waals surface area contributed by atoms with Gasteiger partial charge in [-0.25, -0.2) is 0 Å². The first-order chi connectivity index (χ1) is 13.8. The van der Waals surface area contributed by atoms with Gasteiger partial charge in [-0.2, -0.15) is 0 Å². The van der Waals surface area contributed by atoms with Crippen LogP contribution >= 0.6 is 0 Å². The zero-order valence-corrected chi connectivity index (χ0v) is 18.4. The molecule has 1 aromatic carbocycles. The van der Waals surface area contributed by atoms with Gasteiger partial charge >= 0.3 is 0 Å². The third-order valence-corrected chi connectivity index (χ3v) is 7.05. The lowest BCUT2D eigenvalue weighted by Crippen LogP contribution is -2.43. The molecule has 1 N–H and O–H groups in total. The van der Waals surface area contributed by atoms with Crippen LogP contribution in [-0.4, -0.2) is 31.0 Å². The highest BCUT2D eigenvalue weighted by atomic mass is 16.5. The Balaban J connectivity index is 1.52. The van der Waals surface area contributed by atoms with Crippen LogP contribution in [0.5, 0.6) is 5.75 Å². The topological polar surface area (TPSA) is 58.6 Å². The monoisotopic (exact) mass is 400 g/mol. The number of hydrogen-bond donors (Lipinski definition) is 1. The molecule has 0 spiro atoms. The number of nitrogens with one attached hydrogen (secondary N) is 1. The summed E-state index contributed by atoms with van der Waals surface area (Å²) < 4.78 is 5.46. The molecular weight excluding hydrogens is 364 g/mol. The average molecular weight is 401 g/mol. The summed E-state index contributed by atoms with van der Waals surface area (Å²) in [5.41, 5.74) is 1.21. The summed E-state index contributed by atoms with van der Waals surface area (Å²) in [5.74, 6) is 1.31. The number of amides is 2. The highest BCUT2D eigenvalue weighted by Crippen LogP contribution is 2.40. The van der Waals surface area contributed by atoms with E-state index in [1.54, 1.807) is 4.90 Å². The number of carbonyl (C=O) groups excluding carboxylic acids is 2. The van der Waals surface area contributed by atoms with E-state index in [2.05, 4.69) is 26.1 Å². The van der Waals surface area contributed by atoms with Crippen molar-refractivity contribution in [2.75, 3.05) is 18.1 Å². The molecule has 0 unspecified atom stereocenters. The van der Waals surface area contributed by atoms with Gasteiger partial charge in [-0.1, -0.05) is 27.2 Å². The van der Waals surface area contributed by atoms with Gasteiger partial charge in [0.25, 0.3) is 0 Å². The number of nitrogens with zero attached hydrogens (tertiary/aromatic N) is 1. The molecule has 2 fully saturated rings. The van der Waals surface area contributed by atoms with Crippen molar-refractivity contribution in [1.82, 2.24) is 5.32 Å². The van der Waals surface area contributed by atoms with Crippen molar-refractivity contribution in [1.29, 1.82) is 0 Å². The molecule has 5 heteroatoms. The van der Waals surface area contributed by atoms with Gasteiger partial charge in [0.2, 0.25) is 11.8 Å². The molecule has 1 aliphatic carbocycles.